The maximum atomic E-state index is 12.9. The van der Waals surface area contributed by atoms with Crippen molar-refractivity contribution in [3.63, 3.8) is 0 Å². The van der Waals surface area contributed by atoms with E-state index in [2.05, 4.69) is 14.9 Å². The molecule has 0 saturated carbocycles. The number of hydrogen-bond donors (Lipinski definition) is 0. The van der Waals surface area contributed by atoms with Gasteiger partial charge in [-0.2, -0.15) is 0 Å². The molecule has 7 heteroatoms. The van der Waals surface area contributed by atoms with E-state index in [9.17, 15) is 4.79 Å². The van der Waals surface area contributed by atoms with Gasteiger partial charge in [0, 0.05) is 37.5 Å². The second-order valence-corrected chi connectivity index (χ2v) is 6.78. The number of likely N-dealkylation sites (N-methyl/N-ethyl adjacent to an activating group) is 1. The fraction of sp³-hybridized carbons (Fsp3) is 0.526. The van der Waals surface area contributed by atoms with E-state index in [1.54, 1.807) is 18.3 Å². The van der Waals surface area contributed by atoms with Gasteiger partial charge in [0.1, 0.15) is 6.26 Å². The first-order valence-corrected chi connectivity index (χ1v) is 9.12. The van der Waals surface area contributed by atoms with Gasteiger partial charge in [0.15, 0.2) is 5.69 Å². The Kier molecular flexibility index (Phi) is 6.22. The molecular formula is C19H26N4O3. The molecule has 0 fully saturated rings. The molecule has 3 rings (SSSR count). The smallest absolute Gasteiger partial charge is 0.275 e. The van der Waals surface area contributed by atoms with Gasteiger partial charge >= 0.3 is 0 Å². The van der Waals surface area contributed by atoms with E-state index in [-0.39, 0.29) is 5.91 Å². The van der Waals surface area contributed by atoms with Crippen LogP contribution in [0.4, 0.5) is 0 Å². The topological polar surface area (TPSA) is 71.7 Å². The zero-order valence-corrected chi connectivity index (χ0v) is 15.5. The van der Waals surface area contributed by atoms with E-state index in [0.717, 1.165) is 44.3 Å². The molecule has 140 valence electrons. The number of carbonyl (C=O) groups excluding carboxylic acids is 1. The fourth-order valence-corrected chi connectivity index (χ4v) is 2.86. The number of oxazole rings is 1. The summed E-state index contributed by atoms with van der Waals surface area (Å²) in [5.41, 5.74) is 1.09. The van der Waals surface area contributed by atoms with Gasteiger partial charge in [-0.25, -0.2) is 9.97 Å². The normalized spacial score (nSPS) is 16.1. The lowest BCUT2D eigenvalue weighted by molar-refractivity contribution is 0.0735. The third-order valence-electron chi connectivity index (χ3n) is 4.38. The van der Waals surface area contributed by atoms with E-state index in [4.69, 9.17) is 9.15 Å². The lowest BCUT2D eigenvalue weighted by Gasteiger charge is -2.23. The molecule has 0 saturated heterocycles. The van der Waals surface area contributed by atoms with Gasteiger partial charge < -0.3 is 19.0 Å². The lowest BCUT2D eigenvalue weighted by atomic mass is 10.2. The summed E-state index contributed by atoms with van der Waals surface area (Å²) < 4.78 is 11.3. The highest BCUT2D eigenvalue weighted by Gasteiger charge is 2.20. The molecule has 2 aromatic heterocycles. The molecule has 0 aromatic carbocycles. The Morgan fingerprint density at radius 3 is 2.92 bits per heavy atom. The van der Waals surface area contributed by atoms with Crippen LogP contribution in [0, 0.1) is 0 Å². The van der Waals surface area contributed by atoms with Gasteiger partial charge in [-0.3, -0.25) is 4.79 Å². The van der Waals surface area contributed by atoms with Crippen LogP contribution >= 0.6 is 0 Å². The second kappa shape index (κ2) is 8.80. The molecular weight excluding hydrogens is 332 g/mol. The number of carbonyl (C=O) groups is 1. The van der Waals surface area contributed by atoms with E-state index >= 15 is 0 Å². The van der Waals surface area contributed by atoms with Gasteiger partial charge in [0.05, 0.1) is 6.61 Å². The average Bonchev–Trinajstić information content (AvgIpc) is 3.12. The minimum absolute atomic E-state index is 0.0812. The second-order valence-electron chi connectivity index (χ2n) is 6.78. The summed E-state index contributed by atoms with van der Waals surface area (Å²) in [4.78, 5) is 25.5. The van der Waals surface area contributed by atoms with Crippen LogP contribution in [-0.4, -0.2) is 66.0 Å². The third-order valence-corrected chi connectivity index (χ3v) is 4.38. The molecule has 2 aromatic rings. The summed E-state index contributed by atoms with van der Waals surface area (Å²) in [7, 11) is 4.01. The summed E-state index contributed by atoms with van der Waals surface area (Å²) in [5, 5.41) is 0. The first-order valence-electron chi connectivity index (χ1n) is 9.12. The Labute approximate surface area is 154 Å². The van der Waals surface area contributed by atoms with Crippen molar-refractivity contribution < 1.29 is 13.9 Å². The van der Waals surface area contributed by atoms with Crippen LogP contribution in [0.1, 0.15) is 36.2 Å². The number of rotatable bonds is 3. The summed E-state index contributed by atoms with van der Waals surface area (Å²) in [6.45, 7) is 2.86. The highest BCUT2D eigenvalue weighted by molar-refractivity contribution is 5.92. The molecule has 0 unspecified atom stereocenters. The van der Waals surface area contributed by atoms with E-state index < -0.39 is 0 Å². The van der Waals surface area contributed by atoms with Crippen molar-refractivity contribution >= 4 is 5.91 Å². The largest absolute Gasteiger partial charge is 0.478 e. The van der Waals surface area contributed by atoms with Gasteiger partial charge in [0.2, 0.25) is 11.8 Å². The number of nitrogens with zero attached hydrogens (tertiary/aromatic N) is 4. The standard InChI is InChI=1S/C19H26N4O3/c1-22(2)10-11-23-9-5-3-4-6-12-25-17-13-15(7-8-20-17)18-21-16(14-26-18)19(23)24/h7-8,13-14H,3-6,9-12H2,1-2H3. The summed E-state index contributed by atoms with van der Waals surface area (Å²) in [6, 6.07) is 3.60. The van der Waals surface area contributed by atoms with Gasteiger partial charge in [0.25, 0.3) is 5.91 Å². The molecule has 0 radical (unpaired) electrons. The van der Waals surface area contributed by atoms with Crippen molar-refractivity contribution in [2.75, 3.05) is 40.3 Å². The molecule has 1 aliphatic rings. The van der Waals surface area contributed by atoms with Crippen LogP contribution in [0.25, 0.3) is 11.5 Å². The first kappa shape index (κ1) is 18.4. The molecule has 3 heterocycles. The number of amides is 1. The number of pyridine rings is 1. The zero-order chi connectivity index (χ0) is 18.4. The van der Waals surface area contributed by atoms with Crippen LogP contribution in [0.2, 0.25) is 0 Å². The predicted molar refractivity (Wildman–Crippen MR) is 98.2 cm³/mol. The van der Waals surface area contributed by atoms with E-state index in [0.29, 0.717) is 30.6 Å². The van der Waals surface area contributed by atoms with Gasteiger partial charge in [-0.1, -0.05) is 6.42 Å². The Morgan fingerprint density at radius 2 is 2.08 bits per heavy atom. The number of aromatic nitrogens is 2. The Morgan fingerprint density at radius 1 is 1.23 bits per heavy atom. The SMILES string of the molecule is CN(C)CCN1CCCCCCOc2cc(ccn2)-c2nc(co2)C1=O. The van der Waals surface area contributed by atoms with Crippen LogP contribution in [0.15, 0.2) is 29.0 Å². The third kappa shape index (κ3) is 4.82. The Balaban J connectivity index is 1.84. The fourth-order valence-electron chi connectivity index (χ4n) is 2.86. The predicted octanol–water partition coefficient (Wildman–Crippen LogP) is 2.69. The summed E-state index contributed by atoms with van der Waals surface area (Å²) in [6.07, 6.45) is 7.18. The average molecular weight is 358 g/mol. The molecule has 0 spiro atoms. The molecule has 0 N–H and O–H groups in total. The van der Waals surface area contributed by atoms with Crippen molar-refractivity contribution in [2.45, 2.75) is 25.7 Å². The number of ether oxygens (including phenoxy) is 1. The maximum Gasteiger partial charge on any atom is 0.275 e. The van der Waals surface area contributed by atoms with Crippen molar-refractivity contribution in [2.24, 2.45) is 0 Å². The highest BCUT2D eigenvalue weighted by Crippen LogP contribution is 2.22. The zero-order valence-electron chi connectivity index (χ0n) is 15.5. The first-order chi connectivity index (χ1) is 12.6. The molecule has 7 nitrogen and oxygen atoms in total. The van der Waals surface area contributed by atoms with Gasteiger partial charge in [-0.15, -0.1) is 0 Å². The van der Waals surface area contributed by atoms with Crippen molar-refractivity contribution in [3.8, 4) is 17.3 Å². The molecule has 4 bridgehead atoms. The summed E-state index contributed by atoms with van der Waals surface area (Å²) in [5.74, 6) is 0.876. The highest BCUT2D eigenvalue weighted by atomic mass is 16.5. The van der Waals surface area contributed by atoms with Gasteiger partial charge in [-0.05, 0) is 39.4 Å². The van der Waals surface area contributed by atoms with E-state index in [1.165, 1.54) is 6.26 Å². The maximum absolute atomic E-state index is 12.9. The summed E-state index contributed by atoms with van der Waals surface area (Å²) >= 11 is 0. The van der Waals surface area contributed by atoms with Crippen molar-refractivity contribution in [1.29, 1.82) is 0 Å². The van der Waals surface area contributed by atoms with Crippen LogP contribution in [0.3, 0.4) is 0 Å². The van der Waals surface area contributed by atoms with E-state index in [1.807, 2.05) is 19.0 Å². The van der Waals surface area contributed by atoms with Crippen LogP contribution in [-0.2, 0) is 0 Å². The molecule has 0 atom stereocenters. The lowest BCUT2D eigenvalue weighted by Crippen LogP contribution is -2.37. The quantitative estimate of drug-likeness (QED) is 0.840. The number of hydrogen-bond acceptors (Lipinski definition) is 6. The number of fused-ring (bicyclic) bond motifs is 5. The molecule has 1 amide bonds. The van der Waals surface area contributed by atoms with Crippen LogP contribution in [0.5, 0.6) is 5.88 Å². The molecule has 0 aliphatic carbocycles. The Hall–Kier alpha value is -2.41. The van der Waals surface area contributed by atoms with Crippen molar-refractivity contribution in [1.82, 2.24) is 19.8 Å². The molecule has 1 aliphatic heterocycles. The molecule has 26 heavy (non-hydrogen) atoms. The monoisotopic (exact) mass is 358 g/mol. The Bertz CT molecular complexity index is 729. The van der Waals surface area contributed by atoms with Crippen LogP contribution < -0.4 is 4.74 Å². The minimum Gasteiger partial charge on any atom is -0.478 e. The van der Waals surface area contributed by atoms with Crippen molar-refractivity contribution in [3.05, 3.63) is 30.3 Å². The minimum atomic E-state index is -0.0812.